The van der Waals surface area contributed by atoms with Gasteiger partial charge in [0.1, 0.15) is 5.69 Å². The van der Waals surface area contributed by atoms with Gasteiger partial charge in [0.2, 0.25) is 0 Å². The van der Waals surface area contributed by atoms with Crippen molar-refractivity contribution in [2.24, 2.45) is 0 Å². The topological polar surface area (TPSA) is 50.2 Å². The highest BCUT2D eigenvalue weighted by Crippen LogP contribution is 1.90. The largest absolute Gasteiger partial charge is 0.477 e. The minimum Gasteiger partial charge on any atom is -0.477 e. The fourth-order valence-corrected chi connectivity index (χ4v) is 0.489. The highest BCUT2D eigenvalue weighted by Gasteiger charge is 1.98. The van der Waals surface area contributed by atoms with Crippen molar-refractivity contribution >= 4 is 23.3 Å². The smallest absolute Gasteiger partial charge is 0.354 e. The number of carboxylic acids is 1. The lowest BCUT2D eigenvalue weighted by Crippen LogP contribution is -1.97. The minimum absolute atomic E-state index is 0. The Balaban J connectivity index is 0.000000810. The van der Waals surface area contributed by atoms with Crippen molar-refractivity contribution in [3.8, 4) is 0 Å². The summed E-state index contributed by atoms with van der Waals surface area (Å²) in [6.45, 7) is 0. The Hall–Kier alpha value is -0.848. The van der Waals surface area contributed by atoms with Gasteiger partial charge >= 0.3 is 5.97 Å². The number of aromatic carboxylic acids is 1. The summed E-state index contributed by atoms with van der Waals surface area (Å²) in [7, 11) is 0. The van der Waals surface area contributed by atoms with Crippen LogP contribution in [0.2, 0.25) is 0 Å². The average molecular weight is 150 g/mol. The summed E-state index contributed by atoms with van der Waals surface area (Å²) in [6, 6.07) is 4.76. The van der Waals surface area contributed by atoms with Gasteiger partial charge in [-0.3, -0.25) is 0 Å². The lowest BCUT2D eigenvalue weighted by Gasteiger charge is -1.87. The van der Waals surface area contributed by atoms with Crippen LogP contribution < -0.4 is 0 Å². The molecule has 1 aromatic heterocycles. The number of carboxylic acid groups (broad SMARTS) is 1. The minimum atomic E-state index is -0.990. The highest BCUT2D eigenvalue weighted by molar-refractivity contribution is 5.85. The van der Waals surface area contributed by atoms with Crippen molar-refractivity contribution in [3.63, 3.8) is 0 Å². The molecular weight excluding hydrogens is 145 g/mol. The molecule has 1 aromatic rings. The molecule has 0 aliphatic carbocycles. The van der Waals surface area contributed by atoms with Gasteiger partial charge in [0, 0.05) is 23.6 Å². The molecule has 0 atom stereocenters. The van der Waals surface area contributed by atoms with Crippen LogP contribution in [0.5, 0.6) is 0 Å². The van der Waals surface area contributed by atoms with Crippen LogP contribution >= 0.6 is 0 Å². The molecule has 1 rings (SSSR count). The number of carbonyl (C=O) groups is 1. The molecule has 0 aliphatic heterocycles. The molecular formula is C6H5AlNO2. The zero-order valence-corrected chi connectivity index (χ0v) is 6.34. The number of hydrogen-bond acceptors (Lipinski definition) is 2. The van der Waals surface area contributed by atoms with E-state index in [1.165, 1.54) is 12.3 Å². The summed E-state index contributed by atoms with van der Waals surface area (Å²) in [5.74, 6) is -0.990. The molecule has 3 radical (unpaired) electrons. The van der Waals surface area contributed by atoms with Crippen molar-refractivity contribution in [1.82, 2.24) is 4.98 Å². The molecule has 3 nitrogen and oxygen atoms in total. The fraction of sp³-hybridized carbons (Fsp3) is 0. The van der Waals surface area contributed by atoms with Gasteiger partial charge in [-0.2, -0.15) is 0 Å². The van der Waals surface area contributed by atoms with E-state index in [1.54, 1.807) is 12.1 Å². The first-order valence-electron chi connectivity index (χ1n) is 2.45. The molecule has 10 heavy (non-hydrogen) atoms. The summed E-state index contributed by atoms with van der Waals surface area (Å²) < 4.78 is 0. The molecule has 49 valence electrons. The first-order valence-corrected chi connectivity index (χ1v) is 2.45. The summed E-state index contributed by atoms with van der Waals surface area (Å²) in [5.41, 5.74) is 0.0810. The van der Waals surface area contributed by atoms with Crippen LogP contribution in [0.15, 0.2) is 24.4 Å². The second kappa shape index (κ2) is 4.05. The number of nitrogens with zero attached hydrogens (tertiary/aromatic N) is 1. The molecule has 1 heterocycles. The molecule has 0 unspecified atom stereocenters. The zero-order valence-electron chi connectivity index (χ0n) is 5.19. The van der Waals surface area contributed by atoms with Crippen LogP contribution in [0.1, 0.15) is 10.5 Å². The predicted molar refractivity (Wildman–Crippen MR) is 37.0 cm³/mol. The maximum atomic E-state index is 10.1. The molecule has 0 aromatic carbocycles. The van der Waals surface area contributed by atoms with Gasteiger partial charge in [0.15, 0.2) is 0 Å². The van der Waals surface area contributed by atoms with E-state index in [4.69, 9.17) is 5.11 Å². The molecule has 4 heteroatoms. The number of hydrogen-bond donors (Lipinski definition) is 1. The first kappa shape index (κ1) is 9.15. The fourth-order valence-electron chi connectivity index (χ4n) is 0.489. The molecule has 0 aliphatic rings. The molecule has 0 bridgehead atoms. The van der Waals surface area contributed by atoms with Crippen molar-refractivity contribution < 1.29 is 9.90 Å². The van der Waals surface area contributed by atoms with Gasteiger partial charge in [-0.05, 0) is 12.1 Å². The van der Waals surface area contributed by atoms with Crippen molar-refractivity contribution in [3.05, 3.63) is 30.1 Å². The second-order valence-electron chi connectivity index (χ2n) is 1.52. The Labute approximate surface area is 68.8 Å². The van der Waals surface area contributed by atoms with E-state index in [9.17, 15) is 4.79 Å². The monoisotopic (exact) mass is 150 g/mol. The van der Waals surface area contributed by atoms with E-state index < -0.39 is 5.97 Å². The Bertz CT molecular complexity index is 212. The molecule has 0 saturated heterocycles. The van der Waals surface area contributed by atoms with Gasteiger partial charge < -0.3 is 5.11 Å². The lowest BCUT2D eigenvalue weighted by atomic mass is 10.4. The molecule has 0 fully saturated rings. The van der Waals surface area contributed by atoms with Crippen molar-refractivity contribution in [2.75, 3.05) is 0 Å². The Morgan fingerprint density at radius 1 is 1.50 bits per heavy atom. The molecule has 0 spiro atoms. The average Bonchev–Trinajstić information content (AvgIpc) is 1.90. The normalized spacial score (nSPS) is 8.00. The maximum Gasteiger partial charge on any atom is 0.354 e. The summed E-state index contributed by atoms with van der Waals surface area (Å²) in [5, 5.41) is 8.32. The third-order valence-corrected chi connectivity index (χ3v) is 0.884. The van der Waals surface area contributed by atoms with Crippen LogP contribution in [0.25, 0.3) is 0 Å². The molecule has 0 saturated carbocycles. The van der Waals surface area contributed by atoms with Gasteiger partial charge in [0.25, 0.3) is 0 Å². The molecule has 1 N–H and O–H groups in total. The highest BCUT2D eigenvalue weighted by atomic mass is 27.0. The van der Waals surface area contributed by atoms with Crippen LogP contribution in [-0.4, -0.2) is 33.4 Å². The van der Waals surface area contributed by atoms with Crippen LogP contribution in [0, 0.1) is 0 Å². The van der Waals surface area contributed by atoms with E-state index in [0.29, 0.717) is 0 Å². The van der Waals surface area contributed by atoms with Gasteiger partial charge in [-0.25, -0.2) is 9.78 Å². The van der Waals surface area contributed by atoms with Crippen LogP contribution in [0.3, 0.4) is 0 Å². The van der Waals surface area contributed by atoms with Crippen LogP contribution in [0.4, 0.5) is 0 Å². The zero-order chi connectivity index (χ0) is 6.69. The van der Waals surface area contributed by atoms with E-state index in [-0.39, 0.29) is 23.1 Å². The molecule has 0 amide bonds. The summed E-state index contributed by atoms with van der Waals surface area (Å²) in [6.07, 6.45) is 1.45. The van der Waals surface area contributed by atoms with Crippen LogP contribution in [-0.2, 0) is 0 Å². The van der Waals surface area contributed by atoms with Crippen molar-refractivity contribution in [2.45, 2.75) is 0 Å². The number of aromatic nitrogens is 1. The third kappa shape index (κ3) is 2.18. The summed E-state index contributed by atoms with van der Waals surface area (Å²) >= 11 is 0. The second-order valence-corrected chi connectivity index (χ2v) is 1.52. The van der Waals surface area contributed by atoms with E-state index in [2.05, 4.69) is 4.98 Å². The van der Waals surface area contributed by atoms with E-state index in [0.717, 1.165) is 0 Å². The van der Waals surface area contributed by atoms with Gasteiger partial charge in [0.05, 0.1) is 0 Å². The Morgan fingerprint density at radius 3 is 2.50 bits per heavy atom. The predicted octanol–water partition coefficient (Wildman–Crippen LogP) is 0.399. The van der Waals surface area contributed by atoms with E-state index in [1.807, 2.05) is 0 Å². The summed E-state index contributed by atoms with van der Waals surface area (Å²) in [4.78, 5) is 13.7. The quantitative estimate of drug-likeness (QED) is 0.589. The SMILES string of the molecule is O=C(O)c1ccccn1.[Al]. The Kier molecular flexibility index (Phi) is 3.70. The number of rotatable bonds is 1. The maximum absolute atomic E-state index is 10.1. The van der Waals surface area contributed by atoms with Crippen molar-refractivity contribution in [1.29, 1.82) is 0 Å². The lowest BCUT2D eigenvalue weighted by molar-refractivity contribution is 0.0690. The third-order valence-electron chi connectivity index (χ3n) is 0.884. The van der Waals surface area contributed by atoms with Gasteiger partial charge in [-0.15, -0.1) is 0 Å². The van der Waals surface area contributed by atoms with Gasteiger partial charge in [-0.1, -0.05) is 6.07 Å². The van der Waals surface area contributed by atoms with E-state index >= 15 is 0 Å². The first-order chi connectivity index (χ1) is 4.30. The standard InChI is InChI=1S/C6H5NO2.Al/c8-6(9)5-3-1-2-4-7-5;/h1-4H,(H,8,9);. The Morgan fingerprint density at radius 2 is 2.20 bits per heavy atom. The number of pyridine rings is 1.